The van der Waals surface area contributed by atoms with Crippen molar-refractivity contribution in [2.24, 2.45) is 5.73 Å². The molecule has 3 atom stereocenters. The van der Waals surface area contributed by atoms with Crippen molar-refractivity contribution in [2.45, 2.75) is 49.4 Å². The van der Waals surface area contributed by atoms with Crippen molar-refractivity contribution < 1.29 is 28.6 Å². The molecule has 37 heavy (non-hydrogen) atoms. The van der Waals surface area contributed by atoms with E-state index in [0.717, 1.165) is 36.5 Å². The van der Waals surface area contributed by atoms with Crippen LogP contribution in [0.4, 0.5) is 4.79 Å². The van der Waals surface area contributed by atoms with Gasteiger partial charge in [-0.05, 0) is 12.8 Å². The fourth-order valence-electron chi connectivity index (χ4n) is 3.82. The SMILES string of the molecule is NCCSSCCC(=O)NCCOCCOCCOCCNC(=O)CCCC[C@@H]1SC[C@@H]2NC(=O)N[C@@H]21. The van der Waals surface area contributed by atoms with E-state index in [1.165, 1.54) is 0 Å². The highest BCUT2D eigenvalue weighted by Gasteiger charge is 2.42. The molecule has 6 N–H and O–H groups in total. The minimum atomic E-state index is -0.0592. The number of nitrogens with two attached hydrogens (primary N) is 1. The number of hydrogen-bond acceptors (Lipinski definition) is 10. The van der Waals surface area contributed by atoms with Crippen LogP contribution in [0.25, 0.3) is 0 Å². The molecular formula is C23H43N5O6S3. The first-order valence-electron chi connectivity index (χ1n) is 13.0. The molecule has 0 unspecified atom stereocenters. The zero-order valence-electron chi connectivity index (χ0n) is 21.5. The van der Waals surface area contributed by atoms with Crippen LogP contribution in [0.15, 0.2) is 0 Å². The lowest BCUT2D eigenvalue weighted by Crippen LogP contribution is -2.36. The van der Waals surface area contributed by atoms with E-state index in [-0.39, 0.29) is 29.9 Å². The summed E-state index contributed by atoms with van der Waals surface area (Å²) in [6.45, 7) is 4.38. The summed E-state index contributed by atoms with van der Waals surface area (Å²) in [5, 5.41) is 12.1. The maximum atomic E-state index is 12.0. The maximum absolute atomic E-state index is 12.0. The lowest BCUT2D eigenvalue weighted by Gasteiger charge is -2.16. The largest absolute Gasteiger partial charge is 0.377 e. The zero-order chi connectivity index (χ0) is 26.6. The second-order valence-electron chi connectivity index (χ2n) is 8.59. The smallest absolute Gasteiger partial charge is 0.315 e. The van der Waals surface area contributed by atoms with Crippen molar-refractivity contribution in [1.29, 1.82) is 0 Å². The standard InChI is InChI=1S/C23H43N5O6S3/c24-6-16-37-36-15-5-21(30)26-8-10-33-12-14-34-13-11-32-9-7-25-20(29)4-2-1-3-19-22-18(17-35-19)27-23(31)28-22/h18-19,22H,1-17,24H2,(H,25,29)(H,26,30)(H2,27,28,31)/t18-,19-,22-/m0/s1. The maximum Gasteiger partial charge on any atom is 0.315 e. The van der Waals surface area contributed by atoms with Crippen LogP contribution in [0.1, 0.15) is 32.1 Å². The van der Waals surface area contributed by atoms with Crippen LogP contribution in [0.5, 0.6) is 0 Å². The first-order chi connectivity index (χ1) is 18.1. The Balaban J connectivity index is 1.26. The molecule has 0 aromatic heterocycles. The van der Waals surface area contributed by atoms with Gasteiger partial charge in [0.15, 0.2) is 0 Å². The first kappa shape index (κ1) is 32.3. The number of hydrogen-bond donors (Lipinski definition) is 5. The first-order valence-corrected chi connectivity index (χ1v) is 16.5. The molecule has 0 spiro atoms. The number of rotatable bonds is 23. The number of nitrogens with one attached hydrogen (secondary N) is 4. The third kappa shape index (κ3) is 15.3. The summed E-state index contributed by atoms with van der Waals surface area (Å²) < 4.78 is 16.4. The van der Waals surface area contributed by atoms with E-state index in [0.29, 0.717) is 77.4 Å². The molecule has 0 aromatic rings. The Bertz CT molecular complexity index is 666. The molecule has 2 rings (SSSR count). The number of thioether (sulfide) groups is 1. The van der Waals surface area contributed by atoms with Gasteiger partial charge in [0.25, 0.3) is 0 Å². The van der Waals surface area contributed by atoms with E-state index >= 15 is 0 Å². The zero-order valence-corrected chi connectivity index (χ0v) is 24.0. The van der Waals surface area contributed by atoms with Gasteiger partial charge in [-0.25, -0.2) is 4.79 Å². The van der Waals surface area contributed by atoms with E-state index in [1.807, 2.05) is 11.8 Å². The monoisotopic (exact) mass is 581 g/mol. The quantitative estimate of drug-likeness (QED) is 0.0663. The Morgan fingerprint density at radius 2 is 1.51 bits per heavy atom. The van der Waals surface area contributed by atoms with Gasteiger partial charge >= 0.3 is 6.03 Å². The molecule has 2 aliphatic heterocycles. The van der Waals surface area contributed by atoms with Crippen molar-refractivity contribution in [3.63, 3.8) is 0 Å². The Labute approximate surface area is 232 Å². The third-order valence-electron chi connectivity index (χ3n) is 5.66. The van der Waals surface area contributed by atoms with E-state index in [1.54, 1.807) is 21.6 Å². The summed E-state index contributed by atoms with van der Waals surface area (Å²) in [5.41, 5.74) is 5.41. The van der Waals surface area contributed by atoms with Gasteiger partial charge in [0.2, 0.25) is 11.8 Å². The Morgan fingerprint density at radius 3 is 2.19 bits per heavy atom. The minimum absolute atomic E-state index is 0.0322. The van der Waals surface area contributed by atoms with Crippen LogP contribution < -0.4 is 27.0 Å². The fourth-order valence-corrected chi connectivity index (χ4v) is 7.21. The molecule has 2 fully saturated rings. The highest BCUT2D eigenvalue weighted by molar-refractivity contribution is 8.76. The summed E-state index contributed by atoms with van der Waals surface area (Å²) >= 11 is 1.90. The van der Waals surface area contributed by atoms with Crippen LogP contribution in [0, 0.1) is 0 Å². The predicted molar refractivity (Wildman–Crippen MR) is 151 cm³/mol. The molecule has 0 saturated carbocycles. The molecular weight excluding hydrogens is 538 g/mol. The lowest BCUT2D eigenvalue weighted by molar-refractivity contribution is -0.122. The third-order valence-corrected chi connectivity index (χ3v) is 9.61. The molecule has 14 heteroatoms. The van der Waals surface area contributed by atoms with E-state index in [9.17, 15) is 14.4 Å². The van der Waals surface area contributed by atoms with Crippen molar-refractivity contribution in [1.82, 2.24) is 21.3 Å². The van der Waals surface area contributed by atoms with Crippen LogP contribution in [0.3, 0.4) is 0 Å². The van der Waals surface area contributed by atoms with Crippen molar-refractivity contribution in [2.75, 3.05) is 76.5 Å². The molecule has 2 aliphatic rings. The van der Waals surface area contributed by atoms with Crippen molar-refractivity contribution in [3.8, 4) is 0 Å². The second kappa shape index (κ2) is 21.0. The van der Waals surface area contributed by atoms with Gasteiger partial charge in [0, 0.05) is 55.0 Å². The number of amides is 4. The van der Waals surface area contributed by atoms with Gasteiger partial charge < -0.3 is 41.2 Å². The molecule has 0 radical (unpaired) electrons. The highest BCUT2D eigenvalue weighted by Crippen LogP contribution is 2.33. The van der Waals surface area contributed by atoms with Crippen LogP contribution in [-0.4, -0.2) is 112 Å². The molecule has 4 amide bonds. The van der Waals surface area contributed by atoms with Gasteiger partial charge in [0.1, 0.15) is 0 Å². The minimum Gasteiger partial charge on any atom is -0.377 e. The number of unbranched alkanes of at least 4 members (excludes halogenated alkanes) is 1. The summed E-state index contributed by atoms with van der Waals surface area (Å²) in [6.07, 6.45) is 3.84. The van der Waals surface area contributed by atoms with E-state index in [4.69, 9.17) is 19.9 Å². The number of carbonyl (C=O) groups excluding carboxylic acids is 3. The number of carbonyl (C=O) groups is 3. The topological polar surface area (TPSA) is 153 Å². The van der Waals surface area contributed by atoms with E-state index < -0.39 is 0 Å². The fraction of sp³-hybridized carbons (Fsp3) is 0.870. The Kier molecular flexibility index (Phi) is 18.3. The van der Waals surface area contributed by atoms with Crippen molar-refractivity contribution >= 4 is 51.2 Å². The molecule has 0 bridgehead atoms. The molecule has 2 heterocycles. The van der Waals surface area contributed by atoms with E-state index in [2.05, 4.69) is 21.3 Å². The summed E-state index contributed by atoms with van der Waals surface area (Å²) in [7, 11) is 3.35. The molecule has 2 saturated heterocycles. The average Bonchev–Trinajstić information content (AvgIpc) is 3.43. The summed E-state index contributed by atoms with van der Waals surface area (Å²) in [4.78, 5) is 35.0. The molecule has 11 nitrogen and oxygen atoms in total. The van der Waals surface area contributed by atoms with Crippen LogP contribution in [0.2, 0.25) is 0 Å². The summed E-state index contributed by atoms with van der Waals surface area (Å²) in [6, 6.07) is 0.418. The summed E-state index contributed by atoms with van der Waals surface area (Å²) in [5.74, 6) is 2.72. The van der Waals surface area contributed by atoms with Gasteiger partial charge in [-0.15, -0.1) is 0 Å². The number of fused-ring (bicyclic) bond motifs is 1. The second-order valence-corrected chi connectivity index (χ2v) is 12.6. The normalized spacial score (nSPS) is 20.4. The Hall–Kier alpha value is -0.900. The lowest BCUT2D eigenvalue weighted by atomic mass is 10.0. The average molecular weight is 582 g/mol. The van der Waals surface area contributed by atoms with Gasteiger partial charge in [0.05, 0.1) is 51.7 Å². The highest BCUT2D eigenvalue weighted by atomic mass is 33.1. The number of ether oxygens (including phenoxy) is 3. The van der Waals surface area contributed by atoms with Gasteiger partial charge in [-0.1, -0.05) is 28.0 Å². The van der Waals surface area contributed by atoms with Gasteiger partial charge in [-0.2, -0.15) is 11.8 Å². The molecule has 0 aliphatic carbocycles. The van der Waals surface area contributed by atoms with Crippen LogP contribution in [-0.2, 0) is 23.8 Å². The molecule has 214 valence electrons. The Morgan fingerprint density at radius 1 is 0.892 bits per heavy atom. The van der Waals surface area contributed by atoms with Crippen LogP contribution >= 0.6 is 33.3 Å². The predicted octanol–water partition coefficient (Wildman–Crippen LogP) is 0.725. The number of urea groups is 1. The van der Waals surface area contributed by atoms with Gasteiger partial charge in [-0.3, -0.25) is 9.59 Å². The molecule has 0 aromatic carbocycles. The van der Waals surface area contributed by atoms with Crippen molar-refractivity contribution in [3.05, 3.63) is 0 Å².